The van der Waals surface area contributed by atoms with Gasteiger partial charge in [-0.05, 0) is 10.8 Å². The number of rotatable bonds is 0. The van der Waals surface area contributed by atoms with Crippen LogP contribution in [0, 0.1) is 0 Å². The van der Waals surface area contributed by atoms with E-state index < -0.39 is 0 Å². The van der Waals surface area contributed by atoms with Gasteiger partial charge in [-0.15, -0.1) is 0 Å². The average molecular weight is 176 g/mol. The summed E-state index contributed by atoms with van der Waals surface area (Å²) in [4.78, 5) is 0. The summed E-state index contributed by atoms with van der Waals surface area (Å²) < 4.78 is 0. The van der Waals surface area contributed by atoms with Crippen molar-refractivity contribution in [1.29, 1.82) is 0 Å². The van der Waals surface area contributed by atoms with Crippen molar-refractivity contribution < 1.29 is 0 Å². The third kappa shape index (κ3) is 3.01. The van der Waals surface area contributed by atoms with Crippen molar-refractivity contribution in [2.45, 2.75) is 0 Å². The van der Waals surface area contributed by atoms with Crippen LogP contribution in [0.1, 0.15) is 0 Å². The smallest absolute Gasteiger partial charge is 0.0184 e. The van der Waals surface area contributed by atoms with Gasteiger partial charge in [0.1, 0.15) is 0 Å². The zero-order chi connectivity index (χ0) is 6.81. The van der Waals surface area contributed by atoms with Crippen LogP contribution >= 0.6 is 0 Å². The zero-order valence-electron chi connectivity index (χ0n) is 5.62. The molecule has 0 spiro atoms. The van der Waals surface area contributed by atoms with E-state index in [1.165, 1.54) is 10.8 Å². The first-order valence-electron chi connectivity index (χ1n) is 3.40. The second kappa shape index (κ2) is 6.40. The van der Waals surface area contributed by atoms with Crippen molar-refractivity contribution >= 4 is 81.0 Å². The molecule has 2 aromatic carbocycles. The minimum atomic E-state index is 0. The molecule has 0 atom stereocenters. The third-order valence-electron chi connectivity index (χ3n) is 1.66. The molecule has 0 aliphatic carbocycles. The van der Waals surface area contributed by atoms with Crippen molar-refractivity contribution in [2.75, 3.05) is 0 Å². The van der Waals surface area contributed by atoms with Crippen molar-refractivity contribution in [2.24, 2.45) is 0 Å². The van der Waals surface area contributed by atoms with Gasteiger partial charge in [-0.1, -0.05) is 48.5 Å². The second-order valence-electron chi connectivity index (χ2n) is 2.35. The summed E-state index contributed by atoms with van der Waals surface area (Å²) in [5.74, 6) is 0. The van der Waals surface area contributed by atoms with Gasteiger partial charge in [-0.3, -0.25) is 0 Å². The maximum Gasteiger partial charge on any atom is -0.0184 e. The summed E-state index contributed by atoms with van der Waals surface area (Å²) in [6.45, 7) is 0. The standard InChI is InChI=1S/C10H8.K.Li.2H/c1-2-6-10-8-4-3-7-9(10)5-1;;;;/h1-8H;;;;. The average Bonchev–Trinajstić information content (AvgIpc) is 2.05. The Morgan fingerprint density at radius 3 is 1.08 bits per heavy atom. The zero-order valence-corrected chi connectivity index (χ0v) is 5.62. The Labute approximate surface area is 127 Å². The van der Waals surface area contributed by atoms with E-state index >= 15 is 0 Å². The van der Waals surface area contributed by atoms with Crippen LogP contribution in [0.4, 0.5) is 0 Å². The molecule has 0 saturated heterocycles. The molecule has 52 valence electrons. The van der Waals surface area contributed by atoms with Gasteiger partial charge >= 0.3 is 70.2 Å². The van der Waals surface area contributed by atoms with Crippen molar-refractivity contribution in [1.82, 2.24) is 0 Å². The van der Waals surface area contributed by atoms with E-state index in [2.05, 4.69) is 48.5 Å². The summed E-state index contributed by atoms with van der Waals surface area (Å²) >= 11 is 0. The summed E-state index contributed by atoms with van der Waals surface area (Å²) in [5.41, 5.74) is 0. The van der Waals surface area contributed by atoms with Gasteiger partial charge < -0.3 is 0 Å². The molecule has 0 nitrogen and oxygen atoms in total. The van der Waals surface area contributed by atoms with Gasteiger partial charge in [0, 0.05) is 0 Å². The van der Waals surface area contributed by atoms with Crippen molar-refractivity contribution in [3.63, 3.8) is 0 Å². The molecule has 0 aliphatic heterocycles. The largest absolute Gasteiger partial charge is 0.0616 e. The van der Waals surface area contributed by atoms with Crippen LogP contribution in [-0.2, 0) is 0 Å². The molecule has 2 heteroatoms. The Bertz CT molecular complexity index is 281. The second-order valence-corrected chi connectivity index (χ2v) is 2.35. The quantitative estimate of drug-likeness (QED) is 0.534. The molecule has 0 aliphatic rings. The molecular formula is C10H10KLi. The van der Waals surface area contributed by atoms with Gasteiger partial charge in [0.15, 0.2) is 0 Å². The molecule has 0 bridgehead atoms. The molecule has 0 heterocycles. The van der Waals surface area contributed by atoms with Crippen molar-refractivity contribution in [3.05, 3.63) is 48.5 Å². The summed E-state index contributed by atoms with van der Waals surface area (Å²) in [6, 6.07) is 16.7. The fourth-order valence-electron chi connectivity index (χ4n) is 1.13. The third-order valence-corrected chi connectivity index (χ3v) is 1.66. The normalized spacial score (nSPS) is 8.33. The van der Waals surface area contributed by atoms with E-state index in [4.69, 9.17) is 0 Å². The van der Waals surface area contributed by atoms with Crippen LogP contribution in [0.25, 0.3) is 10.8 Å². The van der Waals surface area contributed by atoms with E-state index in [0.29, 0.717) is 0 Å². The first-order chi connectivity index (χ1) is 4.97. The summed E-state index contributed by atoms with van der Waals surface area (Å²) in [6.07, 6.45) is 0. The van der Waals surface area contributed by atoms with Crippen LogP contribution in [0.5, 0.6) is 0 Å². The van der Waals surface area contributed by atoms with Crippen LogP contribution in [0.2, 0.25) is 0 Å². The van der Waals surface area contributed by atoms with Gasteiger partial charge in [-0.2, -0.15) is 0 Å². The number of hydrogen-bond acceptors (Lipinski definition) is 0. The molecule has 0 aromatic heterocycles. The monoisotopic (exact) mass is 176 g/mol. The number of benzene rings is 2. The fraction of sp³-hybridized carbons (Fsp3) is 0. The molecule has 0 unspecified atom stereocenters. The minimum absolute atomic E-state index is 0. The SMILES string of the molecule is [KH].[LiH].c1ccc2ccccc2c1. The summed E-state index contributed by atoms with van der Waals surface area (Å²) in [5, 5.41) is 2.62. The molecule has 0 N–H and O–H groups in total. The minimum Gasteiger partial charge on any atom is -0.0616 e. The van der Waals surface area contributed by atoms with E-state index in [9.17, 15) is 0 Å². The van der Waals surface area contributed by atoms with Gasteiger partial charge in [-0.25, -0.2) is 0 Å². The Kier molecular flexibility index (Phi) is 6.89. The van der Waals surface area contributed by atoms with E-state index in [0.717, 1.165) is 0 Å². The summed E-state index contributed by atoms with van der Waals surface area (Å²) in [7, 11) is 0. The van der Waals surface area contributed by atoms with Crippen LogP contribution in [0.15, 0.2) is 48.5 Å². The Hall–Kier alpha value is 0.934. The predicted molar refractivity (Wildman–Crippen MR) is 58.2 cm³/mol. The number of hydrogen-bond donors (Lipinski definition) is 0. The molecule has 0 saturated carbocycles. The maximum atomic E-state index is 2.12. The predicted octanol–water partition coefficient (Wildman–Crippen LogP) is 1.54. The topological polar surface area (TPSA) is 0 Å². The molecule has 12 heavy (non-hydrogen) atoms. The van der Waals surface area contributed by atoms with E-state index in [1.807, 2.05) is 0 Å². The first-order valence-corrected chi connectivity index (χ1v) is 3.40. The molecule has 0 amide bonds. The molecule has 2 aromatic rings. The molecule has 2 rings (SSSR count). The van der Waals surface area contributed by atoms with Gasteiger partial charge in [0.05, 0.1) is 0 Å². The van der Waals surface area contributed by atoms with Gasteiger partial charge in [0.25, 0.3) is 0 Å². The number of fused-ring (bicyclic) bond motifs is 1. The molecule has 0 fully saturated rings. The fourth-order valence-corrected chi connectivity index (χ4v) is 1.13. The maximum absolute atomic E-state index is 2.12. The first kappa shape index (κ1) is 12.9. The Morgan fingerprint density at radius 1 is 0.583 bits per heavy atom. The van der Waals surface area contributed by atoms with Gasteiger partial charge in [0.2, 0.25) is 0 Å². The molecular weight excluding hydrogens is 166 g/mol. The Morgan fingerprint density at radius 2 is 0.833 bits per heavy atom. The van der Waals surface area contributed by atoms with E-state index in [1.54, 1.807) is 0 Å². The van der Waals surface area contributed by atoms with E-state index in [-0.39, 0.29) is 70.2 Å². The molecule has 0 radical (unpaired) electrons. The van der Waals surface area contributed by atoms with Crippen LogP contribution in [-0.4, -0.2) is 70.2 Å². The van der Waals surface area contributed by atoms with Crippen LogP contribution < -0.4 is 0 Å². The Balaban J connectivity index is 0.000000605. The van der Waals surface area contributed by atoms with Crippen molar-refractivity contribution in [3.8, 4) is 0 Å². The van der Waals surface area contributed by atoms with Crippen LogP contribution in [0.3, 0.4) is 0 Å².